The molecule has 2 aromatic carbocycles. The molecule has 2 rings (SSSR count). The van der Waals surface area contributed by atoms with Crippen LogP contribution in [0.1, 0.15) is 12.5 Å². The summed E-state index contributed by atoms with van der Waals surface area (Å²) in [6.45, 7) is 1.77. The molecule has 1 unspecified atom stereocenters. The average molecular weight is 373 g/mol. The van der Waals surface area contributed by atoms with E-state index < -0.39 is 4.92 Å². The number of likely N-dealkylation sites (N-methyl/N-ethyl adjacent to an activating group) is 1. The van der Waals surface area contributed by atoms with Crippen LogP contribution in [0.5, 0.6) is 0 Å². The Morgan fingerprint density at radius 3 is 2.27 bits per heavy atom. The molecule has 0 saturated heterocycles. The highest BCUT2D eigenvalue weighted by atomic mass is 32.2. The van der Waals surface area contributed by atoms with E-state index in [1.165, 1.54) is 23.9 Å². The van der Waals surface area contributed by atoms with Gasteiger partial charge in [-0.3, -0.25) is 19.7 Å². The molecule has 0 aromatic heterocycles. The minimum atomic E-state index is -0.460. The number of amides is 2. The van der Waals surface area contributed by atoms with E-state index in [1.54, 1.807) is 50.4 Å². The summed E-state index contributed by atoms with van der Waals surface area (Å²) in [5, 5.41) is 15.7. The number of carbonyl (C=O) groups excluding carboxylic acids is 2. The van der Waals surface area contributed by atoms with Gasteiger partial charge in [0, 0.05) is 29.8 Å². The third-order valence-electron chi connectivity index (χ3n) is 3.59. The van der Waals surface area contributed by atoms with E-state index in [2.05, 4.69) is 10.6 Å². The van der Waals surface area contributed by atoms with E-state index in [4.69, 9.17) is 0 Å². The number of rotatable bonds is 7. The predicted octanol–water partition coefficient (Wildman–Crippen LogP) is 3.00. The van der Waals surface area contributed by atoms with Crippen LogP contribution in [0.3, 0.4) is 0 Å². The van der Waals surface area contributed by atoms with Crippen LogP contribution in [0.2, 0.25) is 0 Å². The van der Waals surface area contributed by atoms with Crippen LogP contribution >= 0.6 is 11.8 Å². The second-order valence-electron chi connectivity index (χ2n) is 5.55. The molecule has 7 nitrogen and oxygen atoms in total. The van der Waals surface area contributed by atoms with E-state index in [0.29, 0.717) is 5.69 Å². The zero-order chi connectivity index (χ0) is 19.1. The first-order valence-electron chi connectivity index (χ1n) is 7.90. The highest BCUT2D eigenvalue weighted by Gasteiger charge is 2.15. The van der Waals surface area contributed by atoms with Crippen molar-refractivity contribution >= 4 is 35.0 Å². The Kier molecular flexibility index (Phi) is 6.74. The first-order chi connectivity index (χ1) is 12.4. The zero-order valence-electron chi connectivity index (χ0n) is 14.4. The Bertz CT molecular complexity index is 791. The van der Waals surface area contributed by atoms with Crippen molar-refractivity contribution < 1.29 is 14.5 Å². The van der Waals surface area contributed by atoms with Crippen molar-refractivity contribution in [2.45, 2.75) is 23.5 Å². The molecule has 2 aromatic rings. The molecule has 0 aliphatic rings. The number of carbonyl (C=O) groups is 2. The van der Waals surface area contributed by atoms with Crippen LogP contribution in [-0.2, 0) is 16.0 Å². The molecule has 0 aliphatic carbocycles. The maximum absolute atomic E-state index is 12.3. The lowest BCUT2D eigenvalue weighted by Crippen LogP contribution is -2.22. The van der Waals surface area contributed by atoms with Crippen LogP contribution in [0.4, 0.5) is 11.4 Å². The second-order valence-corrected chi connectivity index (χ2v) is 6.96. The summed E-state index contributed by atoms with van der Waals surface area (Å²) in [4.78, 5) is 34.6. The van der Waals surface area contributed by atoms with Crippen LogP contribution in [0.25, 0.3) is 0 Å². The molecular formula is C18H19N3O4S. The fourth-order valence-electron chi connectivity index (χ4n) is 2.13. The number of hydrogen-bond donors (Lipinski definition) is 2. The number of non-ortho nitro benzene ring substituents is 1. The Balaban J connectivity index is 1.91. The summed E-state index contributed by atoms with van der Waals surface area (Å²) >= 11 is 1.32. The van der Waals surface area contributed by atoms with E-state index >= 15 is 0 Å². The summed E-state index contributed by atoms with van der Waals surface area (Å²) in [6, 6.07) is 13.2. The molecule has 2 amide bonds. The Morgan fingerprint density at radius 1 is 1.12 bits per heavy atom. The van der Waals surface area contributed by atoms with Gasteiger partial charge in [-0.2, -0.15) is 0 Å². The fraction of sp³-hybridized carbons (Fsp3) is 0.222. The monoisotopic (exact) mass is 373 g/mol. The Morgan fingerprint density at radius 2 is 1.73 bits per heavy atom. The lowest BCUT2D eigenvalue weighted by atomic mass is 10.1. The molecule has 0 fully saturated rings. The molecule has 0 heterocycles. The molecule has 136 valence electrons. The van der Waals surface area contributed by atoms with E-state index in [0.717, 1.165) is 10.5 Å². The Hall–Kier alpha value is -2.87. The molecule has 0 aliphatic heterocycles. The highest BCUT2D eigenvalue weighted by Crippen LogP contribution is 2.26. The van der Waals surface area contributed by atoms with Gasteiger partial charge >= 0.3 is 0 Å². The SMILES string of the molecule is CNC(=O)Cc1ccc(NC(=O)C(C)Sc2ccc([N+](=O)[O-])cc2)cc1. The molecular weight excluding hydrogens is 354 g/mol. The van der Waals surface area contributed by atoms with Crippen LogP contribution in [0, 0.1) is 10.1 Å². The molecule has 8 heteroatoms. The highest BCUT2D eigenvalue weighted by molar-refractivity contribution is 8.00. The smallest absolute Gasteiger partial charge is 0.269 e. The maximum atomic E-state index is 12.3. The van der Waals surface area contributed by atoms with Crippen LogP contribution in [-0.4, -0.2) is 29.0 Å². The van der Waals surface area contributed by atoms with E-state index in [1.807, 2.05) is 0 Å². The normalized spacial score (nSPS) is 11.5. The largest absolute Gasteiger partial charge is 0.359 e. The predicted molar refractivity (Wildman–Crippen MR) is 101 cm³/mol. The average Bonchev–Trinajstić information content (AvgIpc) is 2.63. The van der Waals surface area contributed by atoms with Gasteiger partial charge in [-0.05, 0) is 36.8 Å². The third kappa shape index (κ3) is 5.59. The number of nitro benzene ring substituents is 1. The summed E-state index contributed by atoms with van der Waals surface area (Å²) < 4.78 is 0. The van der Waals surface area contributed by atoms with Crippen molar-refractivity contribution in [3.63, 3.8) is 0 Å². The topological polar surface area (TPSA) is 101 Å². The van der Waals surface area contributed by atoms with Crippen LogP contribution in [0.15, 0.2) is 53.4 Å². The number of nitro groups is 1. The van der Waals surface area contributed by atoms with Gasteiger partial charge in [0.25, 0.3) is 5.69 Å². The molecule has 0 saturated carbocycles. The number of anilines is 1. The Labute approximate surface area is 155 Å². The first kappa shape index (κ1) is 19.5. The van der Waals surface area contributed by atoms with Crippen molar-refractivity contribution in [2.24, 2.45) is 0 Å². The van der Waals surface area contributed by atoms with Gasteiger partial charge in [-0.15, -0.1) is 11.8 Å². The zero-order valence-corrected chi connectivity index (χ0v) is 15.2. The number of hydrogen-bond acceptors (Lipinski definition) is 5. The van der Waals surface area contributed by atoms with Gasteiger partial charge < -0.3 is 10.6 Å². The van der Waals surface area contributed by atoms with Crippen molar-refractivity contribution in [3.8, 4) is 0 Å². The quantitative estimate of drug-likeness (QED) is 0.441. The molecule has 0 bridgehead atoms. The number of thioether (sulfide) groups is 1. The second kappa shape index (κ2) is 9.00. The van der Waals surface area contributed by atoms with Crippen molar-refractivity contribution in [3.05, 3.63) is 64.2 Å². The van der Waals surface area contributed by atoms with E-state index in [9.17, 15) is 19.7 Å². The third-order valence-corrected chi connectivity index (χ3v) is 4.71. The molecule has 26 heavy (non-hydrogen) atoms. The summed E-state index contributed by atoms with van der Waals surface area (Å²) in [5.74, 6) is -0.248. The van der Waals surface area contributed by atoms with Crippen molar-refractivity contribution in [1.29, 1.82) is 0 Å². The van der Waals surface area contributed by atoms with Gasteiger partial charge in [0.15, 0.2) is 0 Å². The molecule has 0 radical (unpaired) electrons. The fourth-order valence-corrected chi connectivity index (χ4v) is 3.00. The maximum Gasteiger partial charge on any atom is 0.269 e. The molecule has 0 spiro atoms. The molecule has 2 N–H and O–H groups in total. The van der Waals surface area contributed by atoms with Gasteiger partial charge in [0.2, 0.25) is 11.8 Å². The van der Waals surface area contributed by atoms with Gasteiger partial charge in [-0.25, -0.2) is 0 Å². The number of nitrogens with one attached hydrogen (secondary N) is 2. The lowest BCUT2D eigenvalue weighted by Gasteiger charge is -2.12. The minimum absolute atomic E-state index is 0.0169. The van der Waals surface area contributed by atoms with Crippen LogP contribution < -0.4 is 10.6 Å². The van der Waals surface area contributed by atoms with E-state index in [-0.39, 0.29) is 29.2 Å². The molecule has 1 atom stereocenters. The summed E-state index contributed by atoms with van der Waals surface area (Å²) in [5.41, 5.74) is 1.52. The minimum Gasteiger partial charge on any atom is -0.359 e. The lowest BCUT2D eigenvalue weighted by molar-refractivity contribution is -0.384. The van der Waals surface area contributed by atoms with Gasteiger partial charge in [-0.1, -0.05) is 12.1 Å². The number of benzene rings is 2. The first-order valence-corrected chi connectivity index (χ1v) is 8.78. The summed E-state index contributed by atoms with van der Waals surface area (Å²) in [6.07, 6.45) is 0.289. The van der Waals surface area contributed by atoms with Crippen molar-refractivity contribution in [2.75, 3.05) is 12.4 Å². The van der Waals surface area contributed by atoms with Crippen molar-refractivity contribution in [1.82, 2.24) is 5.32 Å². The number of nitrogens with zero attached hydrogens (tertiary/aromatic N) is 1. The summed E-state index contributed by atoms with van der Waals surface area (Å²) in [7, 11) is 1.58. The van der Waals surface area contributed by atoms with Gasteiger partial charge in [0.05, 0.1) is 16.6 Å². The van der Waals surface area contributed by atoms with Gasteiger partial charge in [0.1, 0.15) is 0 Å². The standard InChI is InChI=1S/C18H19N3O4S/c1-12(26-16-9-7-15(8-10-16)21(24)25)18(23)20-14-5-3-13(4-6-14)11-17(22)19-2/h3-10,12H,11H2,1-2H3,(H,19,22)(H,20,23).